The first-order chi connectivity index (χ1) is 12.7. The minimum Gasteiger partial charge on any atom is -0.302 e. The average molecular weight is 350 g/mol. The Bertz CT molecular complexity index is 875. The van der Waals surface area contributed by atoms with E-state index in [1.54, 1.807) is 24.8 Å². The van der Waals surface area contributed by atoms with Crippen molar-refractivity contribution >= 4 is 0 Å². The second-order valence-corrected chi connectivity index (χ2v) is 7.04. The number of nitrogens with zero attached hydrogens (tertiary/aromatic N) is 4. The summed E-state index contributed by atoms with van der Waals surface area (Å²) in [6.07, 6.45) is 5.14. The van der Waals surface area contributed by atoms with Crippen molar-refractivity contribution in [3.05, 3.63) is 83.2 Å². The first-order valence-corrected chi connectivity index (χ1v) is 9.08. The van der Waals surface area contributed by atoms with Gasteiger partial charge in [0.2, 0.25) is 0 Å². The van der Waals surface area contributed by atoms with Crippen molar-refractivity contribution in [1.29, 1.82) is 0 Å². The summed E-state index contributed by atoms with van der Waals surface area (Å²) in [5.41, 5.74) is 4.64. The summed E-state index contributed by atoms with van der Waals surface area (Å²) in [6, 6.07) is 13.8. The molecular formula is C21H23FN4. The molecule has 1 aliphatic heterocycles. The van der Waals surface area contributed by atoms with E-state index in [0.29, 0.717) is 0 Å². The van der Waals surface area contributed by atoms with E-state index in [9.17, 15) is 4.39 Å². The normalized spacial score (nSPS) is 17.7. The highest BCUT2D eigenvalue weighted by molar-refractivity contribution is 5.41. The van der Waals surface area contributed by atoms with Gasteiger partial charge in [0, 0.05) is 19.0 Å². The standard InChI is InChI=1S/C21H23FN4/c1-25-10-9-19(20-4-2-3-5-21(20)22)18-7-6-16(12-17(18)13-25)8-11-26-15-23-14-24-26/h2-7,12,14-15,19H,8-11,13H2,1H3. The van der Waals surface area contributed by atoms with Crippen LogP contribution in [-0.2, 0) is 19.5 Å². The molecule has 0 aliphatic carbocycles. The van der Waals surface area contributed by atoms with Gasteiger partial charge in [-0.3, -0.25) is 4.68 Å². The van der Waals surface area contributed by atoms with Crippen LogP contribution in [0.1, 0.15) is 34.6 Å². The zero-order chi connectivity index (χ0) is 17.9. The van der Waals surface area contributed by atoms with Crippen LogP contribution in [0, 0.1) is 5.82 Å². The molecule has 1 atom stereocenters. The van der Waals surface area contributed by atoms with Crippen LogP contribution in [0.3, 0.4) is 0 Å². The maximum atomic E-state index is 14.4. The second kappa shape index (κ2) is 7.38. The van der Waals surface area contributed by atoms with Crippen molar-refractivity contribution in [3.8, 4) is 0 Å². The molecule has 0 spiro atoms. The summed E-state index contributed by atoms with van der Waals surface area (Å²) < 4.78 is 16.3. The van der Waals surface area contributed by atoms with Gasteiger partial charge in [-0.1, -0.05) is 36.4 Å². The predicted molar refractivity (Wildman–Crippen MR) is 99.4 cm³/mol. The summed E-state index contributed by atoms with van der Waals surface area (Å²) in [6.45, 7) is 2.67. The summed E-state index contributed by atoms with van der Waals surface area (Å²) in [5.74, 6) is 0.00350. The van der Waals surface area contributed by atoms with Crippen molar-refractivity contribution in [3.63, 3.8) is 0 Å². The van der Waals surface area contributed by atoms with Crippen LogP contribution in [0.25, 0.3) is 0 Å². The van der Waals surface area contributed by atoms with Gasteiger partial charge < -0.3 is 4.90 Å². The molecule has 0 radical (unpaired) electrons. The van der Waals surface area contributed by atoms with Crippen molar-refractivity contribution in [2.45, 2.75) is 31.8 Å². The van der Waals surface area contributed by atoms with Gasteiger partial charge in [-0.25, -0.2) is 9.37 Å². The molecule has 0 fully saturated rings. The molecule has 26 heavy (non-hydrogen) atoms. The summed E-state index contributed by atoms with van der Waals surface area (Å²) in [4.78, 5) is 6.31. The van der Waals surface area contributed by atoms with E-state index in [4.69, 9.17) is 0 Å². The van der Waals surface area contributed by atoms with Crippen LogP contribution in [-0.4, -0.2) is 33.3 Å². The van der Waals surface area contributed by atoms with Crippen LogP contribution >= 0.6 is 0 Å². The Morgan fingerprint density at radius 2 is 2.04 bits per heavy atom. The Morgan fingerprint density at radius 3 is 2.85 bits per heavy atom. The van der Waals surface area contributed by atoms with Gasteiger partial charge in [0.05, 0.1) is 0 Å². The summed E-state index contributed by atoms with van der Waals surface area (Å²) in [7, 11) is 2.13. The second-order valence-electron chi connectivity index (χ2n) is 7.04. The fraction of sp³-hybridized carbons (Fsp3) is 0.333. The molecule has 1 aliphatic rings. The molecule has 5 heteroatoms. The van der Waals surface area contributed by atoms with Crippen LogP contribution in [0.5, 0.6) is 0 Å². The lowest BCUT2D eigenvalue weighted by molar-refractivity contribution is 0.327. The average Bonchev–Trinajstić information content (AvgIpc) is 3.10. The first-order valence-electron chi connectivity index (χ1n) is 9.08. The van der Waals surface area contributed by atoms with Gasteiger partial charge in [-0.05, 0) is 54.8 Å². The fourth-order valence-electron chi connectivity index (χ4n) is 3.84. The van der Waals surface area contributed by atoms with Gasteiger partial charge in [-0.15, -0.1) is 0 Å². The molecule has 4 rings (SSSR count). The molecule has 3 aromatic rings. The van der Waals surface area contributed by atoms with Gasteiger partial charge >= 0.3 is 0 Å². The van der Waals surface area contributed by atoms with Crippen LogP contribution in [0.15, 0.2) is 55.1 Å². The quantitative estimate of drug-likeness (QED) is 0.721. The van der Waals surface area contributed by atoms with E-state index in [2.05, 4.69) is 40.2 Å². The fourth-order valence-corrected chi connectivity index (χ4v) is 3.84. The largest absolute Gasteiger partial charge is 0.302 e. The number of hydrogen-bond donors (Lipinski definition) is 0. The predicted octanol–water partition coefficient (Wildman–Crippen LogP) is 3.63. The Hall–Kier alpha value is -2.53. The number of rotatable bonds is 4. The van der Waals surface area contributed by atoms with E-state index in [0.717, 1.165) is 38.0 Å². The van der Waals surface area contributed by atoms with E-state index in [1.807, 2.05) is 16.8 Å². The van der Waals surface area contributed by atoms with Crippen molar-refractivity contribution in [2.75, 3.05) is 13.6 Å². The molecule has 0 saturated carbocycles. The molecule has 1 unspecified atom stereocenters. The molecule has 0 saturated heterocycles. The number of aryl methyl sites for hydroxylation is 2. The third-order valence-corrected chi connectivity index (χ3v) is 5.20. The Balaban J connectivity index is 1.64. The zero-order valence-corrected chi connectivity index (χ0v) is 15.0. The molecule has 0 amide bonds. The van der Waals surface area contributed by atoms with Crippen LogP contribution in [0.4, 0.5) is 4.39 Å². The molecular weight excluding hydrogens is 327 g/mol. The number of benzene rings is 2. The molecule has 0 bridgehead atoms. The maximum Gasteiger partial charge on any atom is 0.137 e. The molecule has 1 aromatic heterocycles. The Morgan fingerprint density at radius 1 is 1.15 bits per heavy atom. The molecule has 2 aromatic carbocycles. The lowest BCUT2D eigenvalue weighted by atomic mass is 9.85. The van der Waals surface area contributed by atoms with Crippen molar-refractivity contribution < 1.29 is 4.39 Å². The lowest BCUT2D eigenvalue weighted by Gasteiger charge is -2.19. The smallest absolute Gasteiger partial charge is 0.137 e. The van der Waals surface area contributed by atoms with Crippen LogP contribution in [0.2, 0.25) is 0 Å². The highest BCUT2D eigenvalue weighted by Gasteiger charge is 2.24. The Labute approximate surface area is 153 Å². The van der Waals surface area contributed by atoms with Gasteiger partial charge in [0.1, 0.15) is 18.5 Å². The van der Waals surface area contributed by atoms with E-state index in [-0.39, 0.29) is 11.7 Å². The van der Waals surface area contributed by atoms with Crippen LogP contribution < -0.4 is 0 Å². The molecule has 134 valence electrons. The zero-order valence-electron chi connectivity index (χ0n) is 15.0. The number of halogens is 1. The van der Waals surface area contributed by atoms with E-state index < -0.39 is 0 Å². The third kappa shape index (κ3) is 3.53. The highest BCUT2D eigenvalue weighted by Crippen LogP contribution is 2.35. The molecule has 2 heterocycles. The van der Waals surface area contributed by atoms with E-state index in [1.165, 1.54) is 16.7 Å². The minimum absolute atomic E-state index is 0.108. The lowest BCUT2D eigenvalue weighted by Crippen LogP contribution is -2.17. The molecule has 4 nitrogen and oxygen atoms in total. The van der Waals surface area contributed by atoms with Gasteiger partial charge in [0.25, 0.3) is 0 Å². The number of fused-ring (bicyclic) bond motifs is 1. The van der Waals surface area contributed by atoms with Crippen molar-refractivity contribution in [2.24, 2.45) is 0 Å². The number of hydrogen-bond acceptors (Lipinski definition) is 3. The summed E-state index contributed by atoms with van der Waals surface area (Å²) in [5, 5.41) is 4.16. The highest BCUT2D eigenvalue weighted by atomic mass is 19.1. The monoisotopic (exact) mass is 350 g/mol. The van der Waals surface area contributed by atoms with Gasteiger partial charge in [-0.2, -0.15) is 5.10 Å². The first kappa shape index (κ1) is 16.9. The van der Waals surface area contributed by atoms with E-state index >= 15 is 0 Å². The van der Waals surface area contributed by atoms with Gasteiger partial charge in [0.15, 0.2) is 0 Å². The molecule has 0 N–H and O–H groups in total. The topological polar surface area (TPSA) is 34.0 Å². The SMILES string of the molecule is CN1CCC(c2ccccc2F)c2ccc(CCn3cncn3)cc2C1. The number of aromatic nitrogens is 3. The third-order valence-electron chi connectivity index (χ3n) is 5.20. The summed E-state index contributed by atoms with van der Waals surface area (Å²) >= 11 is 0. The maximum absolute atomic E-state index is 14.4. The van der Waals surface area contributed by atoms with Crippen molar-refractivity contribution in [1.82, 2.24) is 19.7 Å². The minimum atomic E-state index is -0.108. The Kier molecular flexibility index (Phi) is 4.80.